The minimum atomic E-state index is -0.534. The molecule has 0 bridgehead atoms. The lowest BCUT2D eigenvalue weighted by atomic mass is 9.91. The van der Waals surface area contributed by atoms with Crippen molar-refractivity contribution in [3.05, 3.63) is 17.5 Å². The van der Waals surface area contributed by atoms with Crippen molar-refractivity contribution in [3.8, 4) is 0 Å². The van der Waals surface area contributed by atoms with E-state index in [0.29, 0.717) is 12.3 Å². The standard InChI is InChI=1S/C13H20BrNO3/c1-12(2,8-17-5)11-7-9(15-18-11)6-10(16)13(3,4)14/h7H,6,8H2,1-5H3. The normalized spacial score (nSPS) is 12.8. The Bertz CT molecular complexity index is 418. The first kappa shape index (κ1) is 15.4. The molecule has 0 saturated carbocycles. The van der Waals surface area contributed by atoms with Gasteiger partial charge in [0.15, 0.2) is 5.78 Å². The smallest absolute Gasteiger partial charge is 0.155 e. The molecule has 0 aliphatic carbocycles. The fourth-order valence-corrected chi connectivity index (χ4v) is 1.66. The molecule has 1 heterocycles. The number of alkyl halides is 1. The molecule has 0 fully saturated rings. The number of halogens is 1. The van der Waals surface area contributed by atoms with Gasteiger partial charge in [-0.25, -0.2) is 0 Å². The largest absolute Gasteiger partial charge is 0.384 e. The Balaban J connectivity index is 2.79. The van der Waals surface area contributed by atoms with Crippen molar-refractivity contribution in [3.63, 3.8) is 0 Å². The molecule has 0 unspecified atom stereocenters. The maximum atomic E-state index is 11.9. The minimum Gasteiger partial charge on any atom is -0.384 e. The first-order chi connectivity index (χ1) is 8.16. The molecule has 18 heavy (non-hydrogen) atoms. The third-order valence-electron chi connectivity index (χ3n) is 2.74. The number of Topliss-reactive ketones (excluding diaryl/α,β-unsaturated/α-hetero) is 1. The second-order valence-electron chi connectivity index (χ2n) is 5.57. The van der Waals surface area contributed by atoms with Gasteiger partial charge in [-0.05, 0) is 13.8 Å². The third kappa shape index (κ3) is 3.92. The quantitative estimate of drug-likeness (QED) is 0.757. The van der Waals surface area contributed by atoms with Gasteiger partial charge >= 0.3 is 0 Å². The summed E-state index contributed by atoms with van der Waals surface area (Å²) in [4.78, 5) is 11.9. The molecular weight excluding hydrogens is 298 g/mol. The van der Waals surface area contributed by atoms with E-state index in [1.165, 1.54) is 0 Å². The summed E-state index contributed by atoms with van der Waals surface area (Å²) in [6, 6.07) is 1.83. The molecule has 0 amide bonds. The van der Waals surface area contributed by atoms with Crippen LogP contribution in [0.3, 0.4) is 0 Å². The summed E-state index contributed by atoms with van der Waals surface area (Å²) in [6.45, 7) is 8.21. The molecule has 1 aromatic heterocycles. The summed E-state index contributed by atoms with van der Waals surface area (Å²) in [5.41, 5.74) is 0.416. The van der Waals surface area contributed by atoms with E-state index in [1.54, 1.807) is 7.11 Å². The molecule has 1 rings (SSSR count). The van der Waals surface area contributed by atoms with Crippen LogP contribution in [0.4, 0.5) is 0 Å². The van der Waals surface area contributed by atoms with Crippen molar-refractivity contribution in [2.45, 2.75) is 43.9 Å². The van der Waals surface area contributed by atoms with Gasteiger partial charge in [0.1, 0.15) is 5.76 Å². The average molecular weight is 318 g/mol. The highest BCUT2D eigenvalue weighted by atomic mass is 79.9. The highest BCUT2D eigenvalue weighted by molar-refractivity contribution is 9.10. The van der Waals surface area contributed by atoms with Gasteiger partial charge < -0.3 is 9.26 Å². The number of hydrogen-bond donors (Lipinski definition) is 0. The predicted octanol–water partition coefficient (Wildman–Crippen LogP) is 2.88. The number of carbonyl (C=O) groups excluding carboxylic acids is 1. The Hall–Kier alpha value is -0.680. The zero-order valence-corrected chi connectivity index (χ0v) is 13.1. The Labute approximate surface area is 116 Å². The third-order valence-corrected chi connectivity index (χ3v) is 3.18. The van der Waals surface area contributed by atoms with Crippen LogP contribution in [0.2, 0.25) is 0 Å². The average Bonchev–Trinajstić information content (AvgIpc) is 2.65. The van der Waals surface area contributed by atoms with Crippen LogP contribution >= 0.6 is 15.9 Å². The summed E-state index contributed by atoms with van der Waals surface area (Å²) < 4.78 is 9.91. The molecule has 0 aliphatic heterocycles. The molecule has 102 valence electrons. The van der Waals surface area contributed by atoms with E-state index in [9.17, 15) is 4.79 Å². The second kappa shape index (κ2) is 5.53. The van der Waals surface area contributed by atoms with E-state index >= 15 is 0 Å². The highest BCUT2D eigenvalue weighted by Crippen LogP contribution is 2.25. The van der Waals surface area contributed by atoms with Crippen LogP contribution in [0.5, 0.6) is 0 Å². The molecule has 4 nitrogen and oxygen atoms in total. The first-order valence-electron chi connectivity index (χ1n) is 5.84. The number of rotatable bonds is 6. The Morgan fingerprint density at radius 2 is 2.06 bits per heavy atom. The zero-order valence-electron chi connectivity index (χ0n) is 11.5. The summed E-state index contributed by atoms with van der Waals surface area (Å²) in [5.74, 6) is 0.812. The molecule has 0 aliphatic rings. The van der Waals surface area contributed by atoms with E-state index in [0.717, 1.165) is 5.76 Å². The van der Waals surface area contributed by atoms with Gasteiger partial charge in [0, 0.05) is 18.6 Å². The van der Waals surface area contributed by atoms with Crippen molar-refractivity contribution in [1.29, 1.82) is 0 Å². The molecule has 5 heteroatoms. The van der Waals surface area contributed by atoms with Gasteiger partial charge in [-0.3, -0.25) is 4.79 Å². The van der Waals surface area contributed by atoms with Gasteiger partial charge in [-0.2, -0.15) is 0 Å². The summed E-state index contributed by atoms with van der Waals surface area (Å²) >= 11 is 3.34. The van der Waals surface area contributed by atoms with E-state index in [1.807, 2.05) is 33.8 Å². The molecule has 0 aromatic carbocycles. The van der Waals surface area contributed by atoms with E-state index in [-0.39, 0.29) is 17.6 Å². The monoisotopic (exact) mass is 317 g/mol. The van der Waals surface area contributed by atoms with Crippen molar-refractivity contribution < 1.29 is 14.1 Å². The van der Waals surface area contributed by atoms with E-state index in [2.05, 4.69) is 21.1 Å². The summed E-state index contributed by atoms with van der Waals surface area (Å²) in [6.07, 6.45) is 0.269. The van der Waals surface area contributed by atoms with Crippen LogP contribution in [0.15, 0.2) is 10.6 Å². The summed E-state index contributed by atoms with van der Waals surface area (Å²) in [5, 5.41) is 3.95. The van der Waals surface area contributed by atoms with Crippen LogP contribution in [-0.4, -0.2) is 29.0 Å². The maximum Gasteiger partial charge on any atom is 0.155 e. The molecule has 0 atom stereocenters. The van der Waals surface area contributed by atoms with Gasteiger partial charge in [-0.1, -0.05) is 34.9 Å². The molecular formula is C13H20BrNO3. The SMILES string of the molecule is COCC(C)(C)c1cc(CC(=O)C(C)(C)Br)no1. The predicted molar refractivity (Wildman–Crippen MR) is 73.1 cm³/mol. The molecule has 0 spiro atoms. The minimum absolute atomic E-state index is 0.0758. The highest BCUT2D eigenvalue weighted by Gasteiger charge is 2.28. The Kier molecular flexibility index (Phi) is 4.72. The molecule has 0 saturated heterocycles. The van der Waals surface area contributed by atoms with Crippen molar-refractivity contribution >= 4 is 21.7 Å². The molecule has 0 radical (unpaired) electrons. The summed E-state index contributed by atoms with van der Waals surface area (Å²) in [7, 11) is 1.65. The second-order valence-corrected chi connectivity index (χ2v) is 7.55. The number of ether oxygens (including phenoxy) is 1. The topological polar surface area (TPSA) is 52.3 Å². The Morgan fingerprint density at radius 3 is 2.56 bits per heavy atom. The zero-order chi connectivity index (χ0) is 14.0. The van der Waals surface area contributed by atoms with Gasteiger partial charge in [0.25, 0.3) is 0 Å². The van der Waals surface area contributed by atoms with Crippen LogP contribution in [0.25, 0.3) is 0 Å². The van der Waals surface area contributed by atoms with Gasteiger partial charge in [-0.15, -0.1) is 0 Å². The Morgan fingerprint density at radius 1 is 1.44 bits per heavy atom. The van der Waals surface area contributed by atoms with Crippen LogP contribution < -0.4 is 0 Å². The number of carbonyl (C=O) groups is 1. The number of nitrogens with zero attached hydrogens (tertiary/aromatic N) is 1. The van der Waals surface area contributed by atoms with Crippen molar-refractivity contribution in [2.75, 3.05) is 13.7 Å². The van der Waals surface area contributed by atoms with Crippen LogP contribution in [-0.2, 0) is 21.4 Å². The fourth-order valence-electron chi connectivity index (χ4n) is 1.52. The number of aromatic nitrogens is 1. The van der Waals surface area contributed by atoms with E-state index < -0.39 is 4.32 Å². The lowest BCUT2D eigenvalue weighted by Crippen LogP contribution is -2.26. The maximum absolute atomic E-state index is 11.9. The van der Waals surface area contributed by atoms with Gasteiger partial charge in [0.05, 0.1) is 23.0 Å². The van der Waals surface area contributed by atoms with Crippen molar-refractivity contribution in [2.24, 2.45) is 0 Å². The molecule has 0 N–H and O–H groups in total. The van der Waals surface area contributed by atoms with Crippen LogP contribution in [0, 0.1) is 0 Å². The first-order valence-corrected chi connectivity index (χ1v) is 6.63. The van der Waals surface area contributed by atoms with Gasteiger partial charge in [0.2, 0.25) is 0 Å². The number of hydrogen-bond acceptors (Lipinski definition) is 4. The van der Waals surface area contributed by atoms with E-state index in [4.69, 9.17) is 9.26 Å². The molecule has 1 aromatic rings. The lowest BCUT2D eigenvalue weighted by Gasteiger charge is -2.19. The van der Waals surface area contributed by atoms with Crippen LogP contribution in [0.1, 0.15) is 39.1 Å². The lowest BCUT2D eigenvalue weighted by molar-refractivity contribution is -0.119. The number of methoxy groups -OCH3 is 1. The fraction of sp³-hybridized carbons (Fsp3) is 0.692. The van der Waals surface area contributed by atoms with Crippen molar-refractivity contribution in [1.82, 2.24) is 5.16 Å². The number of ketones is 1.